The van der Waals surface area contributed by atoms with Crippen LogP contribution in [-0.4, -0.2) is 60.0 Å². The van der Waals surface area contributed by atoms with Crippen LogP contribution in [0.3, 0.4) is 0 Å². The highest BCUT2D eigenvalue weighted by Crippen LogP contribution is 2.24. The van der Waals surface area contributed by atoms with Gasteiger partial charge in [0.05, 0.1) is 11.6 Å². The monoisotopic (exact) mass is 430 g/mol. The van der Waals surface area contributed by atoms with Gasteiger partial charge >= 0.3 is 0 Å². The standard InChI is InChI=1S/C27H34N4O/c1-20-10-8-9-13-26(20)31-21(2)18-24(22(31)3)27(32)28-25(23-11-6-5-7-12-23)19-30-16-14-29(4)15-17-30/h5-13,18,25H,14-17,19H2,1-4H3,(H,28,32). The Morgan fingerprint density at radius 1 is 0.938 bits per heavy atom. The van der Waals surface area contributed by atoms with Crippen molar-refractivity contribution in [1.82, 2.24) is 19.7 Å². The van der Waals surface area contributed by atoms with Gasteiger partial charge in [0.15, 0.2) is 0 Å². The highest BCUT2D eigenvalue weighted by atomic mass is 16.1. The van der Waals surface area contributed by atoms with E-state index in [2.05, 4.69) is 64.8 Å². The maximum absolute atomic E-state index is 13.5. The zero-order valence-corrected chi connectivity index (χ0v) is 19.6. The molecule has 1 amide bonds. The summed E-state index contributed by atoms with van der Waals surface area (Å²) in [5, 5.41) is 3.35. The summed E-state index contributed by atoms with van der Waals surface area (Å²) in [5.41, 5.74) is 6.24. The van der Waals surface area contributed by atoms with Gasteiger partial charge in [-0.25, -0.2) is 0 Å². The van der Waals surface area contributed by atoms with Crippen LogP contribution in [-0.2, 0) is 0 Å². The third-order valence-corrected chi connectivity index (χ3v) is 6.58. The molecule has 0 spiro atoms. The molecule has 4 rings (SSSR count). The number of carbonyl (C=O) groups excluding carboxylic acids is 1. The van der Waals surface area contributed by atoms with Crippen LogP contribution in [0.15, 0.2) is 60.7 Å². The number of rotatable bonds is 6. The van der Waals surface area contributed by atoms with Gasteiger partial charge in [-0.2, -0.15) is 0 Å². The highest BCUT2D eigenvalue weighted by molar-refractivity contribution is 5.96. The van der Waals surface area contributed by atoms with Crippen molar-refractivity contribution in [1.29, 1.82) is 0 Å². The molecule has 2 aromatic carbocycles. The van der Waals surface area contributed by atoms with Gasteiger partial charge in [0.1, 0.15) is 0 Å². The fourth-order valence-electron chi connectivity index (χ4n) is 4.62. The number of nitrogens with one attached hydrogen (secondary N) is 1. The molecule has 0 bridgehead atoms. The number of hydrogen-bond acceptors (Lipinski definition) is 3. The first-order valence-corrected chi connectivity index (χ1v) is 11.5. The van der Waals surface area contributed by atoms with E-state index in [1.807, 2.05) is 43.3 Å². The minimum Gasteiger partial charge on any atom is -0.344 e. The van der Waals surface area contributed by atoms with E-state index < -0.39 is 0 Å². The van der Waals surface area contributed by atoms with Gasteiger partial charge in [0.2, 0.25) is 0 Å². The minimum atomic E-state index is -0.0476. The van der Waals surface area contributed by atoms with Gasteiger partial charge in [-0.3, -0.25) is 9.69 Å². The van der Waals surface area contributed by atoms with Gasteiger partial charge in [0.25, 0.3) is 5.91 Å². The molecule has 1 atom stereocenters. The van der Waals surface area contributed by atoms with Crippen molar-refractivity contribution in [3.05, 3.63) is 88.7 Å². The first-order chi connectivity index (χ1) is 15.4. The normalized spacial score (nSPS) is 16.1. The summed E-state index contributed by atoms with van der Waals surface area (Å²) in [6.45, 7) is 11.2. The van der Waals surface area contributed by atoms with E-state index in [0.717, 1.165) is 60.9 Å². The Balaban J connectivity index is 1.58. The van der Waals surface area contributed by atoms with Gasteiger partial charge < -0.3 is 14.8 Å². The number of nitrogens with zero attached hydrogens (tertiary/aromatic N) is 3. The van der Waals surface area contributed by atoms with Crippen LogP contribution in [0, 0.1) is 20.8 Å². The zero-order chi connectivity index (χ0) is 22.7. The molecule has 0 radical (unpaired) electrons. The van der Waals surface area contributed by atoms with Crippen LogP contribution < -0.4 is 5.32 Å². The van der Waals surface area contributed by atoms with Gasteiger partial charge in [-0.15, -0.1) is 0 Å². The smallest absolute Gasteiger partial charge is 0.253 e. The van der Waals surface area contributed by atoms with Crippen molar-refractivity contribution in [2.75, 3.05) is 39.8 Å². The third-order valence-electron chi connectivity index (χ3n) is 6.58. The van der Waals surface area contributed by atoms with E-state index in [1.54, 1.807) is 0 Å². The average Bonchev–Trinajstić information content (AvgIpc) is 3.09. The molecule has 5 nitrogen and oxygen atoms in total. The molecule has 1 unspecified atom stereocenters. The minimum absolute atomic E-state index is 0.0130. The summed E-state index contributed by atoms with van der Waals surface area (Å²) in [6, 6.07) is 20.6. The Morgan fingerprint density at radius 3 is 2.28 bits per heavy atom. The number of amides is 1. The van der Waals surface area contributed by atoms with Crippen molar-refractivity contribution in [2.45, 2.75) is 26.8 Å². The summed E-state index contributed by atoms with van der Waals surface area (Å²) in [4.78, 5) is 18.3. The van der Waals surface area contributed by atoms with Crippen molar-refractivity contribution < 1.29 is 4.79 Å². The lowest BCUT2D eigenvalue weighted by Gasteiger charge is -2.35. The second-order valence-electron chi connectivity index (χ2n) is 8.95. The van der Waals surface area contributed by atoms with Crippen molar-refractivity contribution >= 4 is 5.91 Å². The largest absolute Gasteiger partial charge is 0.344 e. The van der Waals surface area contributed by atoms with Crippen molar-refractivity contribution in [2.24, 2.45) is 0 Å². The maximum Gasteiger partial charge on any atom is 0.253 e. The topological polar surface area (TPSA) is 40.5 Å². The molecule has 168 valence electrons. The molecule has 5 heteroatoms. The number of carbonyl (C=O) groups is 1. The van der Waals surface area contributed by atoms with Crippen LogP contribution in [0.25, 0.3) is 5.69 Å². The van der Waals surface area contributed by atoms with Gasteiger partial charge in [-0.1, -0.05) is 48.5 Å². The van der Waals surface area contributed by atoms with E-state index in [1.165, 1.54) is 5.56 Å². The summed E-state index contributed by atoms with van der Waals surface area (Å²) >= 11 is 0. The van der Waals surface area contributed by atoms with Crippen LogP contribution in [0.4, 0.5) is 0 Å². The summed E-state index contributed by atoms with van der Waals surface area (Å²) in [6.07, 6.45) is 0. The van der Waals surface area contributed by atoms with Crippen LogP contribution in [0.5, 0.6) is 0 Å². The SMILES string of the molecule is Cc1ccccc1-n1c(C)cc(C(=O)NC(CN2CCN(C)CC2)c2ccccc2)c1C. The lowest BCUT2D eigenvalue weighted by atomic mass is 10.0. The highest BCUT2D eigenvalue weighted by Gasteiger charge is 2.24. The van der Waals surface area contributed by atoms with Crippen LogP contribution in [0.1, 0.15) is 38.9 Å². The molecule has 0 aliphatic carbocycles. The number of benzene rings is 2. The van der Waals surface area contributed by atoms with E-state index >= 15 is 0 Å². The van der Waals surface area contributed by atoms with E-state index in [0.29, 0.717) is 0 Å². The third kappa shape index (κ3) is 4.79. The van der Waals surface area contributed by atoms with Gasteiger partial charge in [-0.05, 0) is 51.1 Å². The molecule has 32 heavy (non-hydrogen) atoms. The number of para-hydroxylation sites is 1. The molecule has 1 aromatic heterocycles. The Labute approximate surface area is 191 Å². The second kappa shape index (κ2) is 9.72. The van der Waals surface area contributed by atoms with E-state index in [9.17, 15) is 4.79 Å². The average molecular weight is 431 g/mol. The molecule has 3 aromatic rings. The number of likely N-dealkylation sites (N-methyl/N-ethyl adjacent to an activating group) is 1. The fourth-order valence-corrected chi connectivity index (χ4v) is 4.62. The lowest BCUT2D eigenvalue weighted by molar-refractivity contribution is 0.0906. The Kier molecular flexibility index (Phi) is 6.77. The summed E-state index contributed by atoms with van der Waals surface area (Å²) in [5.74, 6) is -0.0130. The quantitative estimate of drug-likeness (QED) is 0.640. The van der Waals surface area contributed by atoms with E-state index in [-0.39, 0.29) is 11.9 Å². The number of piperazine rings is 1. The fraction of sp³-hybridized carbons (Fsp3) is 0.370. The second-order valence-corrected chi connectivity index (χ2v) is 8.95. The molecule has 1 aliphatic rings. The molecule has 1 aliphatic heterocycles. The van der Waals surface area contributed by atoms with Crippen LogP contribution >= 0.6 is 0 Å². The molecule has 1 fully saturated rings. The summed E-state index contributed by atoms with van der Waals surface area (Å²) in [7, 11) is 2.16. The Morgan fingerprint density at radius 2 is 1.59 bits per heavy atom. The zero-order valence-electron chi connectivity index (χ0n) is 19.6. The Bertz CT molecular complexity index is 1060. The number of aromatic nitrogens is 1. The lowest BCUT2D eigenvalue weighted by Crippen LogP contribution is -2.47. The summed E-state index contributed by atoms with van der Waals surface area (Å²) < 4.78 is 2.18. The molecular weight excluding hydrogens is 396 g/mol. The first-order valence-electron chi connectivity index (χ1n) is 11.5. The van der Waals surface area contributed by atoms with Crippen molar-refractivity contribution in [3.63, 3.8) is 0 Å². The Hall–Kier alpha value is -2.89. The van der Waals surface area contributed by atoms with Gasteiger partial charge in [0, 0.05) is 49.8 Å². The molecule has 1 N–H and O–H groups in total. The predicted molar refractivity (Wildman–Crippen MR) is 131 cm³/mol. The molecule has 2 heterocycles. The molecule has 1 saturated heterocycles. The molecule has 0 saturated carbocycles. The number of aryl methyl sites for hydroxylation is 2. The predicted octanol–water partition coefficient (Wildman–Crippen LogP) is 4.12. The molecular formula is C27H34N4O. The van der Waals surface area contributed by atoms with E-state index in [4.69, 9.17) is 0 Å². The first kappa shape index (κ1) is 22.3. The number of hydrogen-bond donors (Lipinski definition) is 1. The van der Waals surface area contributed by atoms with Crippen LogP contribution in [0.2, 0.25) is 0 Å². The van der Waals surface area contributed by atoms with Crippen molar-refractivity contribution in [3.8, 4) is 5.69 Å². The maximum atomic E-state index is 13.5.